The van der Waals surface area contributed by atoms with Gasteiger partial charge in [0.25, 0.3) is 5.91 Å². The number of pyridine rings is 2. The number of amides is 1. The molecule has 34 heavy (non-hydrogen) atoms. The molecule has 5 nitrogen and oxygen atoms in total. The van der Waals surface area contributed by atoms with Gasteiger partial charge in [-0.05, 0) is 55.2 Å². The van der Waals surface area contributed by atoms with E-state index in [2.05, 4.69) is 15.3 Å². The van der Waals surface area contributed by atoms with Crippen molar-refractivity contribution < 1.29 is 22.7 Å². The normalized spacial score (nSPS) is 14.3. The van der Waals surface area contributed by atoms with Crippen LogP contribution in [0.25, 0.3) is 11.1 Å². The number of carbonyl (C=O) groups excluding carboxylic acids is 1. The Bertz CT molecular complexity index is 1190. The summed E-state index contributed by atoms with van der Waals surface area (Å²) in [4.78, 5) is 22.1. The maximum absolute atomic E-state index is 13.4. The van der Waals surface area contributed by atoms with Crippen molar-refractivity contribution in [2.45, 2.75) is 51.2 Å². The highest BCUT2D eigenvalue weighted by atomic mass is 19.4. The number of halogens is 3. The molecule has 1 fully saturated rings. The Hall–Kier alpha value is -3.42. The largest absolute Gasteiger partial charge is 0.496 e. The lowest BCUT2D eigenvalue weighted by Crippen LogP contribution is -2.25. The summed E-state index contributed by atoms with van der Waals surface area (Å²) in [6, 6.07) is 7.56. The molecule has 1 aliphatic carbocycles. The van der Waals surface area contributed by atoms with Crippen LogP contribution in [0.5, 0.6) is 5.75 Å². The number of aromatic nitrogens is 2. The van der Waals surface area contributed by atoms with Crippen LogP contribution >= 0.6 is 0 Å². The van der Waals surface area contributed by atoms with Crippen molar-refractivity contribution in [2.75, 3.05) is 7.11 Å². The molecular formula is C26H26F3N3O2. The van der Waals surface area contributed by atoms with Crippen LogP contribution in [0.4, 0.5) is 13.2 Å². The van der Waals surface area contributed by atoms with Crippen molar-refractivity contribution in [1.29, 1.82) is 0 Å². The summed E-state index contributed by atoms with van der Waals surface area (Å²) in [6.07, 6.45) is 4.78. The minimum absolute atomic E-state index is 0.0494. The summed E-state index contributed by atoms with van der Waals surface area (Å²) < 4.78 is 44.9. The fourth-order valence-electron chi connectivity index (χ4n) is 4.42. The predicted octanol–water partition coefficient (Wildman–Crippen LogP) is 6.07. The van der Waals surface area contributed by atoms with Gasteiger partial charge in [0.05, 0.1) is 23.9 Å². The molecule has 4 rings (SSSR count). The average Bonchev–Trinajstić information content (AvgIpc) is 3.36. The quantitative estimate of drug-likeness (QED) is 0.476. The number of alkyl halides is 3. The van der Waals surface area contributed by atoms with E-state index in [0.29, 0.717) is 11.1 Å². The Balaban J connectivity index is 1.62. The number of nitrogens with one attached hydrogen (secondary N) is 1. The molecule has 0 radical (unpaired) electrons. The SMILES string of the molecule is COc1ccc(CNC(=O)c2cc(-c3cncc(C)c3)cnc2C2CCCC2)cc1C(F)(F)F. The molecule has 0 unspecified atom stereocenters. The Labute approximate surface area is 196 Å². The monoisotopic (exact) mass is 469 g/mol. The molecule has 8 heteroatoms. The third-order valence-electron chi connectivity index (χ3n) is 6.14. The van der Waals surface area contributed by atoms with E-state index < -0.39 is 11.7 Å². The van der Waals surface area contributed by atoms with Crippen LogP contribution in [0.1, 0.15) is 64.3 Å². The van der Waals surface area contributed by atoms with Crippen LogP contribution in [-0.2, 0) is 12.7 Å². The number of methoxy groups -OCH3 is 1. The van der Waals surface area contributed by atoms with Crippen LogP contribution in [0, 0.1) is 6.92 Å². The van der Waals surface area contributed by atoms with Crippen LogP contribution in [0.2, 0.25) is 0 Å². The molecule has 1 N–H and O–H groups in total. The van der Waals surface area contributed by atoms with Crippen LogP contribution < -0.4 is 10.1 Å². The number of hydrogen-bond acceptors (Lipinski definition) is 4. The standard InChI is InChI=1S/C26H26F3N3O2/c1-16-9-19(14-30-12-16)20-11-21(24(31-15-20)18-5-3-4-6-18)25(33)32-13-17-7-8-23(34-2)22(10-17)26(27,28)29/h7-12,14-15,18H,3-6,13H2,1-2H3,(H,32,33). The van der Waals surface area contributed by atoms with Crippen molar-refractivity contribution in [3.8, 4) is 16.9 Å². The lowest BCUT2D eigenvalue weighted by molar-refractivity contribution is -0.138. The maximum Gasteiger partial charge on any atom is 0.419 e. The van der Waals surface area contributed by atoms with Gasteiger partial charge in [0.1, 0.15) is 5.75 Å². The molecule has 178 valence electrons. The first kappa shape index (κ1) is 23.7. The van der Waals surface area contributed by atoms with Gasteiger partial charge in [-0.1, -0.05) is 18.9 Å². The summed E-state index contributed by atoms with van der Waals surface area (Å²) in [6.45, 7) is 1.89. The van der Waals surface area contributed by atoms with Gasteiger partial charge < -0.3 is 10.1 Å². The number of aryl methyl sites for hydroxylation is 1. The fourth-order valence-corrected chi connectivity index (χ4v) is 4.42. The number of nitrogens with zero attached hydrogens (tertiary/aromatic N) is 2. The first-order chi connectivity index (χ1) is 16.3. The molecule has 0 bridgehead atoms. The zero-order valence-corrected chi connectivity index (χ0v) is 19.1. The van der Waals surface area contributed by atoms with Gasteiger partial charge in [-0.15, -0.1) is 0 Å². The van der Waals surface area contributed by atoms with E-state index in [1.165, 1.54) is 19.2 Å². The highest BCUT2D eigenvalue weighted by molar-refractivity contribution is 5.96. The highest BCUT2D eigenvalue weighted by Crippen LogP contribution is 2.37. The molecule has 0 saturated heterocycles. The minimum Gasteiger partial charge on any atom is -0.496 e. The van der Waals surface area contributed by atoms with Crippen molar-refractivity contribution >= 4 is 5.91 Å². The molecule has 1 saturated carbocycles. The van der Waals surface area contributed by atoms with Gasteiger partial charge in [0, 0.05) is 42.2 Å². The number of rotatable bonds is 6. The second-order valence-electron chi connectivity index (χ2n) is 8.60. The summed E-state index contributed by atoms with van der Waals surface area (Å²) in [5.41, 5.74) is 3.26. The Kier molecular flexibility index (Phi) is 6.86. The topological polar surface area (TPSA) is 64.1 Å². The Morgan fingerprint density at radius 2 is 1.82 bits per heavy atom. The highest BCUT2D eigenvalue weighted by Gasteiger charge is 2.34. The fraction of sp³-hybridized carbons (Fsp3) is 0.346. The van der Waals surface area contributed by atoms with Crippen LogP contribution in [0.3, 0.4) is 0 Å². The van der Waals surface area contributed by atoms with E-state index in [9.17, 15) is 18.0 Å². The smallest absolute Gasteiger partial charge is 0.419 e. The van der Waals surface area contributed by atoms with E-state index in [4.69, 9.17) is 4.74 Å². The number of benzene rings is 1. The molecule has 0 atom stereocenters. The molecule has 0 spiro atoms. The summed E-state index contributed by atoms with van der Waals surface area (Å²) in [7, 11) is 1.19. The molecule has 3 aromatic rings. The van der Waals surface area contributed by atoms with Gasteiger partial charge >= 0.3 is 6.18 Å². The van der Waals surface area contributed by atoms with Gasteiger partial charge in [0.2, 0.25) is 0 Å². The number of ether oxygens (including phenoxy) is 1. The summed E-state index contributed by atoms with van der Waals surface area (Å²) in [5, 5.41) is 2.78. The van der Waals surface area contributed by atoms with Crippen molar-refractivity contribution in [1.82, 2.24) is 15.3 Å². The van der Waals surface area contributed by atoms with Gasteiger partial charge in [-0.3, -0.25) is 14.8 Å². The van der Waals surface area contributed by atoms with Gasteiger partial charge in [-0.25, -0.2) is 0 Å². The number of carbonyl (C=O) groups is 1. The van der Waals surface area contributed by atoms with E-state index in [1.807, 2.05) is 19.1 Å². The lowest BCUT2D eigenvalue weighted by Gasteiger charge is -2.17. The van der Waals surface area contributed by atoms with Gasteiger partial charge in [-0.2, -0.15) is 13.2 Å². The molecular weight excluding hydrogens is 443 g/mol. The predicted molar refractivity (Wildman–Crippen MR) is 123 cm³/mol. The number of hydrogen-bond donors (Lipinski definition) is 1. The first-order valence-corrected chi connectivity index (χ1v) is 11.2. The second kappa shape index (κ2) is 9.83. The zero-order valence-electron chi connectivity index (χ0n) is 19.1. The molecule has 0 aliphatic heterocycles. The first-order valence-electron chi connectivity index (χ1n) is 11.2. The van der Waals surface area contributed by atoms with Crippen molar-refractivity contribution in [3.63, 3.8) is 0 Å². The van der Waals surface area contributed by atoms with Crippen molar-refractivity contribution in [3.05, 3.63) is 76.9 Å². The van der Waals surface area contributed by atoms with Crippen LogP contribution in [-0.4, -0.2) is 23.0 Å². The third kappa shape index (κ3) is 5.21. The molecule has 2 heterocycles. The Morgan fingerprint density at radius 1 is 1.09 bits per heavy atom. The van der Waals surface area contributed by atoms with Gasteiger partial charge in [0.15, 0.2) is 0 Å². The van der Waals surface area contributed by atoms with Crippen LogP contribution in [0.15, 0.2) is 48.9 Å². The molecule has 1 amide bonds. The Morgan fingerprint density at radius 3 is 2.50 bits per heavy atom. The summed E-state index contributed by atoms with van der Waals surface area (Å²) >= 11 is 0. The lowest BCUT2D eigenvalue weighted by atomic mass is 9.95. The second-order valence-corrected chi connectivity index (χ2v) is 8.60. The third-order valence-corrected chi connectivity index (χ3v) is 6.14. The minimum atomic E-state index is -4.55. The molecule has 1 aliphatic rings. The molecule has 2 aromatic heterocycles. The average molecular weight is 470 g/mol. The molecule has 1 aromatic carbocycles. The zero-order chi connectivity index (χ0) is 24.3. The maximum atomic E-state index is 13.4. The van der Waals surface area contributed by atoms with E-state index >= 15 is 0 Å². The van der Waals surface area contributed by atoms with Crippen molar-refractivity contribution in [2.24, 2.45) is 0 Å². The van der Waals surface area contributed by atoms with E-state index in [0.717, 1.165) is 54.1 Å². The van der Waals surface area contributed by atoms with E-state index in [-0.39, 0.29) is 24.1 Å². The summed E-state index contributed by atoms with van der Waals surface area (Å²) in [5.74, 6) is -0.417. The van der Waals surface area contributed by atoms with E-state index in [1.54, 1.807) is 18.6 Å².